The Bertz CT molecular complexity index is 607. The van der Waals surface area contributed by atoms with Crippen LogP contribution in [0.5, 0.6) is 0 Å². The highest BCUT2D eigenvalue weighted by molar-refractivity contribution is 7.10. The lowest BCUT2D eigenvalue weighted by molar-refractivity contribution is -0.121. The first-order valence-electron chi connectivity index (χ1n) is 7.82. The van der Waals surface area contributed by atoms with Crippen molar-refractivity contribution in [2.75, 3.05) is 26.3 Å². The van der Waals surface area contributed by atoms with E-state index in [1.165, 1.54) is 4.88 Å². The number of nitrogens with one attached hydrogen (secondary N) is 1. The Balaban J connectivity index is 1.39. The third-order valence-electron chi connectivity index (χ3n) is 3.70. The third-order valence-corrected chi connectivity index (χ3v) is 5.54. The van der Waals surface area contributed by atoms with Gasteiger partial charge in [-0.3, -0.25) is 9.69 Å². The summed E-state index contributed by atoms with van der Waals surface area (Å²) >= 11 is 3.31. The SMILES string of the molecule is O=C(CCc1cccs1)NCc1nc(CN2CCOCC2)cs1. The Kier molecular flexibility index (Phi) is 6.15. The molecule has 7 heteroatoms. The lowest BCUT2D eigenvalue weighted by atomic mass is 10.2. The van der Waals surface area contributed by atoms with Gasteiger partial charge in [-0.05, 0) is 17.9 Å². The third kappa shape index (κ3) is 5.39. The maximum absolute atomic E-state index is 11.9. The second kappa shape index (κ2) is 8.54. The molecule has 5 nitrogen and oxygen atoms in total. The van der Waals surface area contributed by atoms with Crippen molar-refractivity contribution < 1.29 is 9.53 Å². The number of aryl methyl sites for hydroxylation is 1. The molecule has 23 heavy (non-hydrogen) atoms. The highest BCUT2D eigenvalue weighted by Crippen LogP contribution is 2.13. The first-order chi connectivity index (χ1) is 11.3. The molecule has 0 saturated carbocycles. The molecule has 3 heterocycles. The fraction of sp³-hybridized carbons (Fsp3) is 0.500. The van der Waals surface area contributed by atoms with Crippen LogP contribution in [-0.2, 0) is 29.0 Å². The van der Waals surface area contributed by atoms with Crippen molar-refractivity contribution in [3.05, 3.63) is 38.5 Å². The van der Waals surface area contributed by atoms with Gasteiger partial charge < -0.3 is 10.1 Å². The van der Waals surface area contributed by atoms with Crippen molar-refractivity contribution in [3.63, 3.8) is 0 Å². The molecule has 0 spiro atoms. The topological polar surface area (TPSA) is 54.5 Å². The van der Waals surface area contributed by atoms with Crippen LogP contribution in [0.4, 0.5) is 0 Å². The lowest BCUT2D eigenvalue weighted by Crippen LogP contribution is -2.35. The molecule has 0 bridgehead atoms. The molecule has 0 radical (unpaired) electrons. The highest BCUT2D eigenvalue weighted by atomic mass is 32.1. The Morgan fingerprint density at radius 1 is 1.35 bits per heavy atom. The number of amides is 1. The summed E-state index contributed by atoms with van der Waals surface area (Å²) in [5.74, 6) is 0.0864. The summed E-state index contributed by atoms with van der Waals surface area (Å²) in [7, 11) is 0. The number of morpholine rings is 1. The summed E-state index contributed by atoms with van der Waals surface area (Å²) in [6.45, 7) is 4.93. The van der Waals surface area contributed by atoms with Gasteiger partial charge in [0.25, 0.3) is 0 Å². The molecule has 2 aromatic rings. The minimum atomic E-state index is 0.0864. The summed E-state index contributed by atoms with van der Waals surface area (Å²) in [6, 6.07) is 4.08. The Labute approximate surface area is 144 Å². The maximum Gasteiger partial charge on any atom is 0.220 e. The zero-order valence-electron chi connectivity index (χ0n) is 13.0. The molecule has 3 rings (SSSR count). The first-order valence-corrected chi connectivity index (χ1v) is 9.58. The summed E-state index contributed by atoms with van der Waals surface area (Å²) in [5, 5.41) is 8.05. The van der Waals surface area contributed by atoms with Gasteiger partial charge in [0.2, 0.25) is 5.91 Å². The average molecular weight is 351 g/mol. The molecule has 1 fully saturated rings. The number of ether oxygens (including phenoxy) is 1. The molecule has 0 aromatic carbocycles. The number of thiazole rings is 1. The smallest absolute Gasteiger partial charge is 0.220 e. The number of nitrogens with zero attached hydrogens (tertiary/aromatic N) is 2. The maximum atomic E-state index is 11.9. The minimum absolute atomic E-state index is 0.0864. The summed E-state index contributed by atoms with van der Waals surface area (Å²) < 4.78 is 5.35. The molecule has 1 saturated heterocycles. The quantitative estimate of drug-likeness (QED) is 0.832. The van der Waals surface area contributed by atoms with E-state index in [4.69, 9.17) is 4.74 Å². The number of hydrogen-bond acceptors (Lipinski definition) is 6. The predicted molar refractivity (Wildman–Crippen MR) is 92.7 cm³/mol. The molecule has 0 aliphatic carbocycles. The largest absolute Gasteiger partial charge is 0.379 e. The van der Waals surface area contributed by atoms with Crippen LogP contribution in [0.15, 0.2) is 22.9 Å². The number of thiophene rings is 1. The van der Waals surface area contributed by atoms with Crippen LogP contribution >= 0.6 is 22.7 Å². The van der Waals surface area contributed by atoms with Crippen LogP contribution in [0.3, 0.4) is 0 Å². The van der Waals surface area contributed by atoms with Gasteiger partial charge in [-0.1, -0.05) is 6.07 Å². The van der Waals surface area contributed by atoms with Gasteiger partial charge in [-0.25, -0.2) is 4.98 Å². The number of aromatic nitrogens is 1. The van der Waals surface area contributed by atoms with Crippen molar-refractivity contribution in [3.8, 4) is 0 Å². The van der Waals surface area contributed by atoms with E-state index in [0.717, 1.165) is 50.0 Å². The van der Waals surface area contributed by atoms with Crippen LogP contribution < -0.4 is 5.32 Å². The van der Waals surface area contributed by atoms with Crippen LogP contribution in [0.25, 0.3) is 0 Å². The molecular formula is C16H21N3O2S2. The molecule has 1 aliphatic rings. The molecule has 0 unspecified atom stereocenters. The van der Waals surface area contributed by atoms with Crippen molar-refractivity contribution in [1.82, 2.24) is 15.2 Å². The predicted octanol–water partition coefficient (Wildman–Crippen LogP) is 2.29. The van der Waals surface area contributed by atoms with E-state index in [1.807, 2.05) is 11.4 Å². The van der Waals surface area contributed by atoms with E-state index in [2.05, 4.69) is 26.6 Å². The molecule has 1 amide bonds. The number of carbonyl (C=O) groups is 1. The van der Waals surface area contributed by atoms with Crippen LogP contribution in [-0.4, -0.2) is 42.1 Å². The van der Waals surface area contributed by atoms with Gasteiger partial charge in [0, 0.05) is 36.3 Å². The fourth-order valence-electron chi connectivity index (χ4n) is 2.45. The normalized spacial score (nSPS) is 15.7. The van der Waals surface area contributed by atoms with E-state index >= 15 is 0 Å². The molecule has 0 atom stereocenters. The lowest BCUT2D eigenvalue weighted by Gasteiger charge is -2.25. The van der Waals surface area contributed by atoms with Gasteiger partial charge in [-0.2, -0.15) is 0 Å². The van der Waals surface area contributed by atoms with Crippen molar-refractivity contribution in [2.24, 2.45) is 0 Å². The molecular weight excluding hydrogens is 330 g/mol. The Morgan fingerprint density at radius 3 is 3.00 bits per heavy atom. The molecule has 1 aliphatic heterocycles. The van der Waals surface area contributed by atoms with Crippen LogP contribution in [0.2, 0.25) is 0 Å². The summed E-state index contributed by atoms with van der Waals surface area (Å²) in [6.07, 6.45) is 1.34. The van der Waals surface area contributed by atoms with Gasteiger partial charge in [0.15, 0.2) is 0 Å². The average Bonchev–Trinajstić information content (AvgIpc) is 3.24. The van der Waals surface area contributed by atoms with E-state index in [-0.39, 0.29) is 5.91 Å². The Morgan fingerprint density at radius 2 is 2.22 bits per heavy atom. The standard InChI is InChI=1S/C16H21N3O2S2/c20-15(4-3-14-2-1-9-22-14)17-10-16-18-13(12-23-16)11-19-5-7-21-8-6-19/h1-2,9,12H,3-8,10-11H2,(H,17,20). The summed E-state index contributed by atoms with van der Waals surface area (Å²) in [5.41, 5.74) is 1.08. The van der Waals surface area contributed by atoms with E-state index in [9.17, 15) is 4.79 Å². The van der Waals surface area contributed by atoms with Crippen molar-refractivity contribution in [1.29, 1.82) is 0 Å². The van der Waals surface area contributed by atoms with Gasteiger partial charge in [-0.15, -0.1) is 22.7 Å². The second-order valence-electron chi connectivity index (χ2n) is 5.48. The molecule has 1 N–H and O–H groups in total. The Hall–Kier alpha value is -1.28. The second-order valence-corrected chi connectivity index (χ2v) is 7.45. The fourth-order valence-corrected chi connectivity index (χ4v) is 3.88. The first kappa shape index (κ1) is 16.6. The van der Waals surface area contributed by atoms with Gasteiger partial charge in [0.05, 0.1) is 25.5 Å². The van der Waals surface area contributed by atoms with E-state index < -0.39 is 0 Å². The van der Waals surface area contributed by atoms with Crippen molar-refractivity contribution >= 4 is 28.6 Å². The van der Waals surface area contributed by atoms with Gasteiger partial charge in [0.1, 0.15) is 5.01 Å². The highest BCUT2D eigenvalue weighted by Gasteiger charge is 2.13. The van der Waals surface area contributed by atoms with Gasteiger partial charge >= 0.3 is 0 Å². The number of rotatable bonds is 7. The van der Waals surface area contributed by atoms with Crippen molar-refractivity contribution in [2.45, 2.75) is 25.9 Å². The van der Waals surface area contributed by atoms with Crippen LogP contribution in [0.1, 0.15) is 22.0 Å². The van der Waals surface area contributed by atoms with E-state index in [1.54, 1.807) is 22.7 Å². The molecule has 2 aromatic heterocycles. The minimum Gasteiger partial charge on any atom is -0.379 e. The monoisotopic (exact) mass is 351 g/mol. The summed E-state index contributed by atoms with van der Waals surface area (Å²) in [4.78, 5) is 20.1. The number of hydrogen-bond donors (Lipinski definition) is 1. The zero-order chi connectivity index (χ0) is 15.9. The molecule has 124 valence electrons. The van der Waals surface area contributed by atoms with E-state index in [0.29, 0.717) is 13.0 Å². The van der Waals surface area contributed by atoms with Crippen LogP contribution in [0, 0.1) is 0 Å². The zero-order valence-corrected chi connectivity index (χ0v) is 14.6. The number of carbonyl (C=O) groups excluding carboxylic acids is 1.